The van der Waals surface area contributed by atoms with E-state index >= 15 is 0 Å². The Hall–Kier alpha value is -2.36. The molecule has 0 bridgehead atoms. The number of H-pyrrole nitrogens is 1. The van der Waals surface area contributed by atoms with Crippen molar-refractivity contribution >= 4 is 5.91 Å². The van der Waals surface area contributed by atoms with Crippen LogP contribution in [0.3, 0.4) is 0 Å². The number of nitrogens with one attached hydrogen (secondary N) is 1. The van der Waals surface area contributed by atoms with Crippen molar-refractivity contribution in [1.29, 1.82) is 0 Å². The first-order valence-electron chi connectivity index (χ1n) is 7.28. The molecule has 1 aromatic carbocycles. The van der Waals surface area contributed by atoms with E-state index in [1.54, 1.807) is 6.07 Å². The van der Waals surface area contributed by atoms with Gasteiger partial charge in [-0.1, -0.05) is 30.3 Å². The first-order chi connectivity index (χ1) is 10.2. The van der Waals surface area contributed by atoms with E-state index in [0.29, 0.717) is 5.56 Å². The van der Waals surface area contributed by atoms with Gasteiger partial charge < -0.3 is 9.88 Å². The number of nitrogens with zero attached hydrogens (tertiary/aromatic N) is 1. The van der Waals surface area contributed by atoms with Gasteiger partial charge in [0.05, 0.1) is 0 Å². The number of aromatic nitrogens is 1. The Morgan fingerprint density at radius 1 is 1.24 bits per heavy atom. The van der Waals surface area contributed by atoms with Gasteiger partial charge in [0.2, 0.25) is 5.56 Å². The molecule has 1 atom stereocenters. The quantitative estimate of drug-likeness (QED) is 0.938. The van der Waals surface area contributed by atoms with E-state index in [9.17, 15) is 9.59 Å². The number of amides is 1. The van der Waals surface area contributed by atoms with Gasteiger partial charge in [-0.05, 0) is 30.9 Å². The van der Waals surface area contributed by atoms with E-state index in [4.69, 9.17) is 0 Å². The fourth-order valence-electron chi connectivity index (χ4n) is 2.94. The summed E-state index contributed by atoms with van der Waals surface area (Å²) < 4.78 is 0. The molecule has 0 saturated carbocycles. The highest BCUT2D eigenvalue weighted by molar-refractivity contribution is 5.94. The van der Waals surface area contributed by atoms with Crippen molar-refractivity contribution in [2.45, 2.75) is 25.3 Å². The molecule has 1 fully saturated rings. The van der Waals surface area contributed by atoms with Crippen LogP contribution in [0.25, 0.3) is 0 Å². The minimum Gasteiger partial charge on any atom is -0.335 e. The molecule has 21 heavy (non-hydrogen) atoms. The zero-order valence-corrected chi connectivity index (χ0v) is 11.8. The number of carbonyl (C=O) groups excluding carboxylic acids is 1. The molecule has 2 aromatic rings. The second kappa shape index (κ2) is 5.95. The van der Waals surface area contributed by atoms with Crippen molar-refractivity contribution in [2.24, 2.45) is 0 Å². The van der Waals surface area contributed by atoms with E-state index < -0.39 is 0 Å². The van der Waals surface area contributed by atoms with Crippen molar-refractivity contribution in [3.8, 4) is 0 Å². The fourth-order valence-corrected chi connectivity index (χ4v) is 2.94. The van der Waals surface area contributed by atoms with Gasteiger partial charge in [-0.25, -0.2) is 0 Å². The summed E-state index contributed by atoms with van der Waals surface area (Å²) in [7, 11) is 0. The molecule has 2 heterocycles. The minimum absolute atomic E-state index is 0.0421. The molecule has 1 aromatic heterocycles. The van der Waals surface area contributed by atoms with Crippen molar-refractivity contribution in [2.75, 3.05) is 6.54 Å². The van der Waals surface area contributed by atoms with Crippen LogP contribution >= 0.6 is 0 Å². The summed E-state index contributed by atoms with van der Waals surface area (Å²) in [6.45, 7) is 0.767. The molecular formula is C17H18N2O2. The van der Waals surface area contributed by atoms with Crippen molar-refractivity contribution < 1.29 is 4.79 Å². The van der Waals surface area contributed by atoms with Crippen LogP contribution in [-0.4, -0.2) is 28.4 Å². The number of likely N-dealkylation sites (tertiary alicyclic amines) is 1. The standard InChI is InChI=1S/C17H18N2O2/c20-16-12-14(8-9-18-16)17(21)19-10-4-7-15(19)11-13-5-2-1-3-6-13/h1-3,5-6,8-9,12,15H,4,7,10-11H2,(H,18,20). The number of rotatable bonds is 3. The van der Waals surface area contributed by atoms with Gasteiger partial charge in [0.1, 0.15) is 0 Å². The van der Waals surface area contributed by atoms with E-state index in [1.807, 2.05) is 23.1 Å². The number of hydrogen-bond acceptors (Lipinski definition) is 2. The van der Waals surface area contributed by atoms with Crippen LogP contribution in [0.2, 0.25) is 0 Å². The predicted molar refractivity (Wildman–Crippen MR) is 81.3 cm³/mol. The topological polar surface area (TPSA) is 53.2 Å². The summed E-state index contributed by atoms with van der Waals surface area (Å²) in [5.74, 6) is -0.0421. The highest BCUT2D eigenvalue weighted by Crippen LogP contribution is 2.23. The van der Waals surface area contributed by atoms with Gasteiger partial charge in [-0.3, -0.25) is 9.59 Å². The van der Waals surface area contributed by atoms with Gasteiger partial charge in [-0.15, -0.1) is 0 Å². The maximum atomic E-state index is 12.6. The molecule has 4 heteroatoms. The smallest absolute Gasteiger partial charge is 0.254 e. The van der Waals surface area contributed by atoms with E-state index in [0.717, 1.165) is 25.8 Å². The predicted octanol–water partition coefficient (Wildman–Crippen LogP) is 2.22. The molecule has 0 aliphatic carbocycles. The van der Waals surface area contributed by atoms with Crippen LogP contribution in [0.15, 0.2) is 53.5 Å². The second-order valence-corrected chi connectivity index (χ2v) is 5.43. The molecule has 1 unspecified atom stereocenters. The zero-order chi connectivity index (χ0) is 14.7. The van der Waals surface area contributed by atoms with Crippen molar-refractivity contribution in [1.82, 2.24) is 9.88 Å². The monoisotopic (exact) mass is 282 g/mol. The van der Waals surface area contributed by atoms with Crippen molar-refractivity contribution in [3.05, 3.63) is 70.1 Å². The first-order valence-corrected chi connectivity index (χ1v) is 7.28. The average Bonchev–Trinajstić information content (AvgIpc) is 2.95. The zero-order valence-electron chi connectivity index (χ0n) is 11.8. The number of benzene rings is 1. The maximum Gasteiger partial charge on any atom is 0.254 e. The van der Waals surface area contributed by atoms with Crippen LogP contribution < -0.4 is 5.56 Å². The van der Waals surface area contributed by atoms with Crippen LogP contribution in [0.1, 0.15) is 28.8 Å². The highest BCUT2D eigenvalue weighted by atomic mass is 16.2. The summed E-state index contributed by atoms with van der Waals surface area (Å²) in [5.41, 5.74) is 1.48. The summed E-state index contributed by atoms with van der Waals surface area (Å²) in [5, 5.41) is 0. The third-order valence-electron chi connectivity index (χ3n) is 3.97. The minimum atomic E-state index is -0.236. The van der Waals surface area contributed by atoms with Gasteiger partial charge in [0.25, 0.3) is 5.91 Å². The molecule has 1 N–H and O–H groups in total. The summed E-state index contributed by atoms with van der Waals surface area (Å²) in [6.07, 6.45) is 4.43. The summed E-state index contributed by atoms with van der Waals surface area (Å²) in [4.78, 5) is 28.4. The third-order valence-corrected chi connectivity index (χ3v) is 3.97. The first kappa shape index (κ1) is 13.6. The van der Waals surface area contributed by atoms with E-state index in [1.165, 1.54) is 17.8 Å². The molecule has 4 nitrogen and oxygen atoms in total. The van der Waals surface area contributed by atoms with Gasteiger partial charge in [0, 0.05) is 30.4 Å². The van der Waals surface area contributed by atoms with E-state index in [2.05, 4.69) is 17.1 Å². The largest absolute Gasteiger partial charge is 0.335 e. The van der Waals surface area contributed by atoms with Gasteiger partial charge >= 0.3 is 0 Å². The Kier molecular flexibility index (Phi) is 3.86. The Bertz CT molecular complexity index is 678. The lowest BCUT2D eigenvalue weighted by molar-refractivity contribution is 0.0736. The molecule has 1 aliphatic rings. The average molecular weight is 282 g/mol. The lowest BCUT2D eigenvalue weighted by Gasteiger charge is -2.25. The Morgan fingerprint density at radius 2 is 2.05 bits per heavy atom. The van der Waals surface area contributed by atoms with Crippen LogP contribution in [0.4, 0.5) is 0 Å². The lowest BCUT2D eigenvalue weighted by Crippen LogP contribution is -2.37. The van der Waals surface area contributed by atoms with Gasteiger partial charge in [0.15, 0.2) is 0 Å². The molecule has 0 spiro atoms. The second-order valence-electron chi connectivity index (χ2n) is 5.43. The Labute approximate surface area is 123 Å². The number of aromatic amines is 1. The Morgan fingerprint density at radius 3 is 2.81 bits per heavy atom. The Balaban J connectivity index is 1.77. The third kappa shape index (κ3) is 3.05. The SMILES string of the molecule is O=C(c1cc[nH]c(=O)c1)N1CCCC1Cc1ccccc1. The van der Waals surface area contributed by atoms with Crippen LogP contribution in [0.5, 0.6) is 0 Å². The number of carbonyl (C=O) groups is 1. The maximum absolute atomic E-state index is 12.6. The molecule has 3 rings (SSSR count). The van der Waals surface area contributed by atoms with Crippen LogP contribution in [-0.2, 0) is 6.42 Å². The van der Waals surface area contributed by atoms with Gasteiger partial charge in [-0.2, -0.15) is 0 Å². The molecule has 1 amide bonds. The lowest BCUT2D eigenvalue weighted by atomic mass is 10.0. The molecule has 0 radical (unpaired) electrons. The summed E-state index contributed by atoms with van der Waals surface area (Å²) >= 11 is 0. The molecule has 1 saturated heterocycles. The van der Waals surface area contributed by atoms with Crippen LogP contribution in [0, 0.1) is 0 Å². The normalized spacial score (nSPS) is 17.9. The molecule has 1 aliphatic heterocycles. The molecular weight excluding hydrogens is 264 g/mol. The van der Waals surface area contributed by atoms with E-state index in [-0.39, 0.29) is 17.5 Å². The number of pyridine rings is 1. The fraction of sp³-hybridized carbons (Fsp3) is 0.294. The van der Waals surface area contributed by atoms with Crippen molar-refractivity contribution in [3.63, 3.8) is 0 Å². The highest BCUT2D eigenvalue weighted by Gasteiger charge is 2.29. The number of hydrogen-bond donors (Lipinski definition) is 1. The molecule has 108 valence electrons. The summed E-state index contributed by atoms with van der Waals surface area (Å²) in [6, 6.07) is 13.5.